The van der Waals surface area contributed by atoms with E-state index in [0.717, 1.165) is 11.1 Å². The van der Waals surface area contributed by atoms with E-state index in [1.165, 1.54) is 0 Å². The van der Waals surface area contributed by atoms with Crippen LogP contribution in [-0.4, -0.2) is 27.4 Å². The highest BCUT2D eigenvalue weighted by molar-refractivity contribution is 7.89. The first-order valence-electron chi connectivity index (χ1n) is 9.09. The Morgan fingerprint density at radius 1 is 1.22 bits per heavy atom. The second-order valence-corrected chi connectivity index (χ2v) is 8.52. The van der Waals surface area contributed by atoms with Gasteiger partial charge >= 0.3 is 0 Å². The quantitative estimate of drug-likeness (QED) is 0.795. The minimum absolute atomic E-state index is 0.0944. The molecule has 6 nitrogen and oxygen atoms in total. The lowest BCUT2D eigenvalue weighted by molar-refractivity contribution is -0.122. The van der Waals surface area contributed by atoms with Gasteiger partial charge in [-0.3, -0.25) is 4.79 Å². The number of nitrogens with one attached hydrogen (secondary N) is 1. The summed E-state index contributed by atoms with van der Waals surface area (Å²) in [6.45, 7) is 4.39. The molecule has 0 saturated carbocycles. The summed E-state index contributed by atoms with van der Waals surface area (Å²) in [5.41, 5.74) is 8.85. The lowest BCUT2D eigenvalue weighted by Crippen LogP contribution is -2.38. The summed E-state index contributed by atoms with van der Waals surface area (Å²) >= 11 is 0. The van der Waals surface area contributed by atoms with Crippen molar-refractivity contribution in [3.8, 4) is 0 Å². The van der Waals surface area contributed by atoms with Gasteiger partial charge in [0.2, 0.25) is 15.9 Å². The Balaban J connectivity index is 1.87. The van der Waals surface area contributed by atoms with Crippen LogP contribution >= 0.6 is 0 Å². The second kappa shape index (κ2) is 7.80. The van der Waals surface area contributed by atoms with E-state index in [-0.39, 0.29) is 10.8 Å². The summed E-state index contributed by atoms with van der Waals surface area (Å²) in [4.78, 5) is 14.9. The standard InChI is InChI=1S/C20H25N3O3S/c1-3-22-27(25,26)17-10-9-15-11-12-23(18(15)13-17)20(24)14(2)19(21)16-7-5-4-6-8-16/h4-10,13-14,19,22H,3,11-12,21H2,1-2H3. The van der Waals surface area contributed by atoms with Crippen LogP contribution in [0.4, 0.5) is 5.69 Å². The highest BCUT2D eigenvalue weighted by atomic mass is 32.2. The number of nitrogens with zero attached hydrogens (tertiary/aromatic N) is 1. The van der Waals surface area contributed by atoms with Crippen LogP contribution in [0, 0.1) is 5.92 Å². The SMILES string of the molecule is CCNS(=O)(=O)c1ccc2c(c1)N(C(=O)C(C)C(N)c1ccccc1)CC2. The van der Waals surface area contributed by atoms with E-state index < -0.39 is 22.0 Å². The summed E-state index contributed by atoms with van der Waals surface area (Å²) in [5, 5.41) is 0. The number of carbonyl (C=O) groups excluding carboxylic acids is 1. The van der Waals surface area contributed by atoms with Crippen molar-refractivity contribution in [3.63, 3.8) is 0 Å². The Morgan fingerprint density at radius 3 is 2.59 bits per heavy atom. The molecule has 0 bridgehead atoms. The van der Waals surface area contributed by atoms with Gasteiger partial charge in [0.25, 0.3) is 0 Å². The number of nitrogens with two attached hydrogens (primary N) is 1. The second-order valence-electron chi connectivity index (χ2n) is 6.76. The van der Waals surface area contributed by atoms with Gasteiger partial charge in [-0.25, -0.2) is 13.1 Å². The highest BCUT2D eigenvalue weighted by Gasteiger charge is 2.32. The first-order chi connectivity index (χ1) is 12.8. The van der Waals surface area contributed by atoms with Gasteiger partial charge in [0.15, 0.2) is 0 Å². The monoisotopic (exact) mass is 387 g/mol. The Morgan fingerprint density at radius 2 is 1.93 bits per heavy atom. The zero-order valence-electron chi connectivity index (χ0n) is 15.6. The maximum Gasteiger partial charge on any atom is 0.240 e. The first kappa shape index (κ1) is 19.5. The van der Waals surface area contributed by atoms with E-state index >= 15 is 0 Å². The van der Waals surface area contributed by atoms with E-state index in [1.807, 2.05) is 37.3 Å². The van der Waals surface area contributed by atoms with Crippen molar-refractivity contribution in [1.82, 2.24) is 4.72 Å². The number of anilines is 1. The number of rotatable bonds is 6. The van der Waals surface area contributed by atoms with E-state index in [0.29, 0.717) is 25.2 Å². The minimum atomic E-state index is -3.57. The Kier molecular flexibility index (Phi) is 5.64. The third-order valence-corrected chi connectivity index (χ3v) is 6.52. The number of carbonyl (C=O) groups is 1. The molecule has 3 rings (SSSR count). The van der Waals surface area contributed by atoms with Gasteiger partial charge in [0.1, 0.15) is 0 Å². The lowest BCUT2D eigenvalue weighted by Gasteiger charge is -2.26. The molecule has 2 aromatic rings. The Labute approximate surface area is 160 Å². The van der Waals surface area contributed by atoms with Crippen molar-refractivity contribution in [2.24, 2.45) is 11.7 Å². The fraction of sp³-hybridized carbons (Fsp3) is 0.350. The zero-order chi connectivity index (χ0) is 19.6. The third-order valence-electron chi connectivity index (χ3n) is 4.98. The highest BCUT2D eigenvalue weighted by Crippen LogP contribution is 2.33. The van der Waals surface area contributed by atoms with Crippen LogP contribution in [0.25, 0.3) is 0 Å². The van der Waals surface area contributed by atoms with Gasteiger partial charge in [-0.1, -0.05) is 50.2 Å². The summed E-state index contributed by atoms with van der Waals surface area (Å²) in [7, 11) is -3.57. The number of amides is 1. The molecule has 2 atom stereocenters. The molecule has 7 heteroatoms. The van der Waals surface area contributed by atoms with E-state index in [4.69, 9.17) is 5.73 Å². The van der Waals surface area contributed by atoms with Gasteiger partial charge in [0.05, 0.1) is 10.8 Å². The van der Waals surface area contributed by atoms with E-state index in [2.05, 4.69) is 4.72 Å². The molecule has 1 aliphatic rings. The average Bonchev–Trinajstić information content (AvgIpc) is 3.10. The number of benzene rings is 2. The van der Waals surface area contributed by atoms with Gasteiger partial charge in [-0.2, -0.15) is 0 Å². The maximum atomic E-state index is 13.1. The van der Waals surface area contributed by atoms with E-state index in [9.17, 15) is 13.2 Å². The third kappa shape index (κ3) is 3.90. The minimum Gasteiger partial charge on any atom is -0.323 e. The maximum absolute atomic E-state index is 13.1. The van der Waals surface area contributed by atoms with Crippen LogP contribution < -0.4 is 15.4 Å². The molecule has 0 aromatic heterocycles. The Bertz CT molecular complexity index is 929. The van der Waals surface area contributed by atoms with Crippen molar-refractivity contribution in [3.05, 3.63) is 59.7 Å². The van der Waals surface area contributed by atoms with Crippen molar-refractivity contribution in [2.45, 2.75) is 31.2 Å². The van der Waals surface area contributed by atoms with Crippen molar-refractivity contribution < 1.29 is 13.2 Å². The molecule has 1 amide bonds. The van der Waals surface area contributed by atoms with Crippen LogP contribution in [-0.2, 0) is 21.2 Å². The fourth-order valence-corrected chi connectivity index (χ4v) is 4.45. The van der Waals surface area contributed by atoms with Crippen molar-refractivity contribution >= 4 is 21.6 Å². The van der Waals surface area contributed by atoms with Gasteiger partial charge < -0.3 is 10.6 Å². The molecule has 144 valence electrons. The number of fused-ring (bicyclic) bond motifs is 1. The summed E-state index contributed by atoms with van der Waals surface area (Å²) in [5.74, 6) is -0.518. The molecule has 27 heavy (non-hydrogen) atoms. The van der Waals surface area contributed by atoms with Crippen LogP contribution in [0.3, 0.4) is 0 Å². The molecule has 0 saturated heterocycles. The summed E-state index contributed by atoms with van der Waals surface area (Å²) in [6.07, 6.45) is 0.704. The number of sulfonamides is 1. The molecule has 2 aromatic carbocycles. The predicted molar refractivity (Wildman–Crippen MR) is 106 cm³/mol. The van der Waals surface area contributed by atoms with Crippen LogP contribution in [0.5, 0.6) is 0 Å². The topological polar surface area (TPSA) is 92.5 Å². The predicted octanol–water partition coefficient (Wildman–Crippen LogP) is 2.21. The lowest BCUT2D eigenvalue weighted by atomic mass is 9.94. The first-order valence-corrected chi connectivity index (χ1v) is 10.6. The van der Waals surface area contributed by atoms with Gasteiger partial charge in [0, 0.05) is 24.8 Å². The normalized spacial score (nSPS) is 16.0. The van der Waals surface area contributed by atoms with Crippen LogP contribution in [0.15, 0.2) is 53.4 Å². The number of hydrogen-bond donors (Lipinski definition) is 2. The van der Waals surface area contributed by atoms with Crippen molar-refractivity contribution in [1.29, 1.82) is 0 Å². The molecule has 1 aliphatic heterocycles. The van der Waals surface area contributed by atoms with Gasteiger partial charge in [-0.15, -0.1) is 0 Å². The van der Waals surface area contributed by atoms with Crippen molar-refractivity contribution in [2.75, 3.05) is 18.0 Å². The molecule has 2 unspecified atom stereocenters. The summed E-state index contributed by atoms with van der Waals surface area (Å²) in [6, 6.07) is 14.1. The van der Waals surface area contributed by atoms with Crippen LogP contribution in [0.2, 0.25) is 0 Å². The smallest absolute Gasteiger partial charge is 0.240 e. The molecular weight excluding hydrogens is 362 g/mol. The van der Waals surface area contributed by atoms with E-state index in [1.54, 1.807) is 30.0 Å². The Hall–Kier alpha value is -2.22. The average molecular weight is 388 g/mol. The molecule has 0 aliphatic carbocycles. The molecular formula is C20H25N3O3S. The fourth-order valence-electron chi connectivity index (χ4n) is 3.39. The molecule has 0 radical (unpaired) electrons. The van der Waals surface area contributed by atoms with Gasteiger partial charge in [-0.05, 0) is 29.7 Å². The molecule has 0 spiro atoms. The van der Waals surface area contributed by atoms with Crippen LogP contribution in [0.1, 0.15) is 31.0 Å². The zero-order valence-corrected chi connectivity index (χ0v) is 16.4. The molecule has 3 N–H and O–H groups in total. The molecule has 0 fully saturated rings. The number of hydrogen-bond acceptors (Lipinski definition) is 4. The largest absolute Gasteiger partial charge is 0.323 e. The molecule has 1 heterocycles. The summed E-state index contributed by atoms with van der Waals surface area (Å²) < 4.78 is 27.1.